The van der Waals surface area contributed by atoms with E-state index in [0.717, 1.165) is 16.7 Å². The van der Waals surface area contributed by atoms with E-state index in [2.05, 4.69) is 110 Å². The topological polar surface area (TPSA) is 262 Å². The van der Waals surface area contributed by atoms with E-state index in [0.29, 0.717) is 40.1 Å². The van der Waals surface area contributed by atoms with Gasteiger partial charge < -0.3 is 37.8 Å². The van der Waals surface area contributed by atoms with Crippen LogP contribution in [0.5, 0.6) is 0 Å². The number of hydrogen-bond acceptors (Lipinski definition) is 19. The summed E-state index contributed by atoms with van der Waals surface area (Å²) in [5.74, 6) is 0.286. The minimum atomic E-state index is -3.66. The molecule has 3 saturated heterocycles. The summed E-state index contributed by atoms with van der Waals surface area (Å²) in [5, 5.41) is 30.1. The number of carbonyl (C=O) groups is 1. The Morgan fingerprint density at radius 3 is 1.97 bits per heavy atom. The summed E-state index contributed by atoms with van der Waals surface area (Å²) >= 11 is 6.61. The highest BCUT2D eigenvalue weighted by Crippen LogP contribution is 2.57. The first-order valence-corrected chi connectivity index (χ1v) is 32.1. The number of benzene rings is 4. The first-order valence-electron chi connectivity index (χ1n) is 28.3. The lowest BCUT2D eigenvalue weighted by molar-refractivity contribution is -0.0558. The molecule has 11 rings (SSSR count). The summed E-state index contributed by atoms with van der Waals surface area (Å²) in [7, 11) is 2.14. The maximum Gasteiger partial charge on any atom is 0.261 e. The fourth-order valence-electron chi connectivity index (χ4n) is 11.3. The number of fused-ring (bicyclic) bond motifs is 2. The molecule has 8 aromatic rings. The standard InChI is InChI=1S/C60H66N16O7P2S/c1-40(2)76-41(3)53(83-84(76)78-30-18-28-61)54-47(33-50(82-54)75-39-68-52-56(64-36-66-58(52)75)70-59(77)42-20-10-6-11-21-42)72-85(86,79-31-19-29-62)80-34-48-46(32-49(81-48)74-38-67-51-55(69-37-73(4)5)63-35-65-57(51)74)71-60(43-22-12-7-13-23-43,44-24-14-8-15-25-44)45-26-16-9-17-27-45/h6-17,20-27,35-41,46-50,53-54,71H,18-19,30-34H2,1-5H3,(H,72,86)(H,64,66,70,77)/b69-37-/t41?,46-,47-,48?,49-,50-,53?,54?,84?,85?/m1/s1. The Balaban J connectivity index is 0.955. The minimum absolute atomic E-state index is 0.00129. The zero-order valence-electron chi connectivity index (χ0n) is 48.1. The summed E-state index contributed by atoms with van der Waals surface area (Å²) in [5.41, 5.74) is 4.36. The molecule has 444 valence electrons. The molecule has 23 nitrogen and oxygen atoms in total. The number of nitriles is 2. The van der Waals surface area contributed by atoms with Gasteiger partial charge in [0.1, 0.15) is 37.3 Å². The minimum Gasteiger partial charge on any atom is -0.369 e. The van der Waals surface area contributed by atoms with Crippen molar-refractivity contribution < 1.29 is 32.4 Å². The number of anilines is 1. The molecule has 7 heterocycles. The zero-order chi connectivity index (χ0) is 59.8. The number of hydrogen-bond donors (Lipinski definition) is 3. The van der Waals surface area contributed by atoms with E-state index < -0.39 is 63.6 Å². The molecule has 1 amide bonds. The molecule has 0 saturated carbocycles. The molecular weight excluding hydrogens is 1150 g/mol. The lowest BCUT2D eigenvalue weighted by Gasteiger charge is -2.40. The van der Waals surface area contributed by atoms with Crippen molar-refractivity contribution >= 4 is 73.2 Å². The average molecular weight is 1220 g/mol. The monoisotopic (exact) mass is 1220 g/mol. The molecule has 0 spiro atoms. The van der Waals surface area contributed by atoms with Crippen LogP contribution >= 0.6 is 15.2 Å². The van der Waals surface area contributed by atoms with Gasteiger partial charge in [-0.15, -0.1) is 0 Å². The normalized spacial score (nSPS) is 23.2. The van der Waals surface area contributed by atoms with Gasteiger partial charge in [-0.05, 0) is 61.4 Å². The molecule has 0 radical (unpaired) electrons. The molecule has 26 heteroatoms. The van der Waals surface area contributed by atoms with E-state index in [1.807, 2.05) is 84.2 Å². The Bertz CT molecular complexity index is 3670. The molecule has 6 unspecified atom stereocenters. The van der Waals surface area contributed by atoms with Crippen molar-refractivity contribution in [2.45, 2.75) is 107 Å². The molecular formula is C60H66N16O7P2S. The highest BCUT2D eigenvalue weighted by molar-refractivity contribution is 8.09. The van der Waals surface area contributed by atoms with Crippen LogP contribution in [0.2, 0.25) is 0 Å². The Hall–Kier alpha value is -7.38. The van der Waals surface area contributed by atoms with Gasteiger partial charge in [-0.25, -0.2) is 44.7 Å². The predicted molar refractivity (Wildman–Crippen MR) is 328 cm³/mol. The summed E-state index contributed by atoms with van der Waals surface area (Å²) in [6, 6.07) is 42.9. The molecule has 3 aliphatic rings. The van der Waals surface area contributed by atoms with Crippen molar-refractivity contribution in [3.05, 3.63) is 169 Å². The van der Waals surface area contributed by atoms with Crippen molar-refractivity contribution in [3.8, 4) is 12.1 Å². The van der Waals surface area contributed by atoms with Gasteiger partial charge in [0.15, 0.2) is 34.0 Å². The highest BCUT2D eigenvalue weighted by atomic mass is 32.5. The summed E-state index contributed by atoms with van der Waals surface area (Å²) < 4.78 is 47.1. The molecule has 4 aromatic heterocycles. The van der Waals surface area contributed by atoms with Gasteiger partial charge in [-0.2, -0.15) is 10.5 Å². The number of ether oxygens (including phenoxy) is 2. The number of imidazole rings is 2. The number of aromatic nitrogens is 8. The Labute approximate surface area is 504 Å². The maximum atomic E-state index is 13.4. The highest BCUT2D eigenvalue weighted by Gasteiger charge is 2.54. The largest absolute Gasteiger partial charge is 0.369 e. The van der Waals surface area contributed by atoms with Crippen molar-refractivity contribution in [1.29, 1.82) is 10.5 Å². The number of nitrogens with zero attached hydrogens (tertiary/aromatic N) is 13. The van der Waals surface area contributed by atoms with Crippen LogP contribution in [-0.4, -0.2) is 137 Å². The molecule has 86 heavy (non-hydrogen) atoms. The van der Waals surface area contributed by atoms with Crippen LogP contribution in [0.15, 0.2) is 152 Å². The van der Waals surface area contributed by atoms with Gasteiger partial charge in [-0.1, -0.05) is 109 Å². The number of rotatable bonds is 24. The molecule has 0 aliphatic carbocycles. The Morgan fingerprint density at radius 1 is 0.779 bits per heavy atom. The van der Waals surface area contributed by atoms with Crippen LogP contribution in [0.1, 0.15) is 86.0 Å². The number of aliphatic imine (C=N–C) groups is 1. The molecule has 0 bridgehead atoms. The number of carbonyl (C=O) groups excluding carboxylic acids is 1. The quantitative estimate of drug-likeness (QED) is 0.0167. The van der Waals surface area contributed by atoms with Crippen LogP contribution in [0.25, 0.3) is 22.3 Å². The number of amides is 1. The molecule has 3 N–H and O–H groups in total. The average Bonchev–Trinajstić information content (AvgIpc) is 3.17. The van der Waals surface area contributed by atoms with Crippen molar-refractivity contribution in [2.24, 2.45) is 4.99 Å². The molecule has 4 aromatic carbocycles. The molecule has 10 atom stereocenters. The van der Waals surface area contributed by atoms with Crippen molar-refractivity contribution in [3.63, 3.8) is 0 Å². The zero-order valence-corrected chi connectivity index (χ0v) is 50.7. The third-order valence-electron chi connectivity index (χ3n) is 15.2. The first kappa shape index (κ1) is 60.3. The van der Waals surface area contributed by atoms with E-state index >= 15 is 0 Å². The van der Waals surface area contributed by atoms with Gasteiger partial charge in [0.25, 0.3) is 21.1 Å². The second kappa shape index (κ2) is 27.1. The van der Waals surface area contributed by atoms with Gasteiger partial charge >= 0.3 is 0 Å². The van der Waals surface area contributed by atoms with Crippen LogP contribution < -0.4 is 15.7 Å². The molecule has 3 aliphatic heterocycles. The van der Waals surface area contributed by atoms with E-state index in [9.17, 15) is 15.3 Å². The second-order valence-electron chi connectivity index (χ2n) is 21.4. The van der Waals surface area contributed by atoms with E-state index in [1.54, 1.807) is 47.8 Å². The van der Waals surface area contributed by atoms with Crippen molar-refractivity contribution in [1.82, 2.24) is 59.0 Å². The van der Waals surface area contributed by atoms with Gasteiger partial charge in [0, 0.05) is 56.7 Å². The van der Waals surface area contributed by atoms with Crippen molar-refractivity contribution in [2.75, 3.05) is 39.2 Å². The van der Waals surface area contributed by atoms with E-state index in [4.69, 9.17) is 54.3 Å². The first-order chi connectivity index (χ1) is 41.9. The third-order valence-corrected chi connectivity index (χ3v) is 19.8. The lowest BCUT2D eigenvalue weighted by atomic mass is 9.76. The third kappa shape index (κ3) is 12.9. The second-order valence-corrected chi connectivity index (χ2v) is 26.0. The smallest absolute Gasteiger partial charge is 0.261 e. The van der Waals surface area contributed by atoms with Crippen LogP contribution in [0.3, 0.4) is 0 Å². The lowest BCUT2D eigenvalue weighted by Crippen LogP contribution is -2.53. The van der Waals surface area contributed by atoms with Crippen LogP contribution in [0, 0.1) is 22.7 Å². The van der Waals surface area contributed by atoms with E-state index in [-0.39, 0.29) is 62.9 Å². The molecule has 3 fully saturated rings. The van der Waals surface area contributed by atoms with E-state index in [1.165, 1.54) is 12.7 Å². The van der Waals surface area contributed by atoms with Gasteiger partial charge in [-0.3, -0.25) is 19.2 Å². The SMILES string of the molecule is CC(C)N1C(C)C(C2O[C@@H](n3cnc4c(NC(=O)c5ccccc5)ncnc43)C[C@H]2NP(=S)(OCCC#N)OCC2O[C@@H](n3cnc4c(/N=C\N(C)C)ncnc43)C[C@H]2NC(c2ccccc2)(c2ccccc2)c2ccccc2)OP1OCCC#N. The van der Waals surface area contributed by atoms with Gasteiger partial charge in [0.05, 0.1) is 75.4 Å². The Morgan fingerprint density at radius 2 is 1.35 bits per heavy atom. The van der Waals surface area contributed by atoms with Crippen LogP contribution in [0.4, 0.5) is 11.6 Å². The Kier molecular flexibility index (Phi) is 19.0. The van der Waals surface area contributed by atoms with Crippen LogP contribution in [-0.2, 0) is 44.9 Å². The summed E-state index contributed by atoms with van der Waals surface area (Å²) in [6.07, 6.45) is 5.39. The van der Waals surface area contributed by atoms with Gasteiger partial charge in [0.2, 0.25) is 0 Å². The number of nitrogens with one attached hydrogen (secondary N) is 3. The maximum absolute atomic E-state index is 13.4. The summed E-state index contributed by atoms with van der Waals surface area (Å²) in [6.45, 7) is 2.64. The summed E-state index contributed by atoms with van der Waals surface area (Å²) in [4.78, 5) is 47.5. The fourth-order valence-corrected chi connectivity index (χ4v) is 15.6. The predicted octanol–water partition coefficient (Wildman–Crippen LogP) is 9.45. The fraction of sp³-hybridized carbons (Fsp3) is 0.367.